The molecule has 1 N–H and O–H groups in total. The molecule has 2 atom stereocenters. The van der Waals surface area contributed by atoms with Crippen LogP contribution in [0.25, 0.3) is 0 Å². The summed E-state index contributed by atoms with van der Waals surface area (Å²) in [4.78, 5) is 29.7. The van der Waals surface area contributed by atoms with Crippen molar-refractivity contribution >= 4 is 51.7 Å². The fourth-order valence-electron chi connectivity index (χ4n) is 4.14. The van der Waals surface area contributed by atoms with Crippen LogP contribution < -0.4 is 5.32 Å². The van der Waals surface area contributed by atoms with Gasteiger partial charge in [-0.1, -0.05) is 78.0 Å². The zero-order valence-electron chi connectivity index (χ0n) is 19.0. The van der Waals surface area contributed by atoms with Gasteiger partial charge in [-0.2, -0.15) is 10.1 Å². The number of carbonyl (C=O) groups excluding carboxylic acids is 2. The van der Waals surface area contributed by atoms with Crippen LogP contribution in [0.15, 0.2) is 89.0 Å². The highest BCUT2D eigenvalue weighted by atomic mass is 35.5. The topological polar surface area (TPSA) is 74.1 Å². The molecule has 0 saturated heterocycles. The maximum Gasteiger partial charge on any atom is 0.262 e. The molecule has 2 unspecified atom stereocenters. The second-order valence-corrected chi connectivity index (χ2v) is 10.1. The summed E-state index contributed by atoms with van der Waals surface area (Å²) in [6.45, 7) is 1.96. The summed E-state index contributed by atoms with van der Waals surface area (Å²) in [5, 5.41) is 10.1. The smallest absolute Gasteiger partial charge is 0.262 e. The van der Waals surface area contributed by atoms with Crippen molar-refractivity contribution in [2.24, 2.45) is 10.1 Å². The number of hydrogen-bond donors (Lipinski definition) is 1. The monoisotopic (exact) mass is 502 g/mol. The van der Waals surface area contributed by atoms with E-state index in [1.807, 2.05) is 90.8 Å². The fourth-order valence-corrected chi connectivity index (χ4v) is 5.33. The summed E-state index contributed by atoms with van der Waals surface area (Å²) in [6.07, 6.45) is 0.705. The number of aryl methyl sites for hydroxylation is 1. The molecule has 2 heterocycles. The molecule has 6 nitrogen and oxygen atoms in total. The van der Waals surface area contributed by atoms with Gasteiger partial charge in [0.15, 0.2) is 5.17 Å². The molecule has 8 heteroatoms. The number of aliphatic imine (C=N–C) groups is 1. The largest absolute Gasteiger partial charge is 0.326 e. The lowest BCUT2D eigenvalue weighted by Crippen LogP contribution is -2.25. The highest BCUT2D eigenvalue weighted by Gasteiger charge is 2.39. The molecule has 2 amide bonds. The second-order valence-electron chi connectivity index (χ2n) is 8.49. The first-order valence-electron chi connectivity index (χ1n) is 11.3. The van der Waals surface area contributed by atoms with Crippen LogP contribution in [0.5, 0.6) is 0 Å². The Morgan fingerprint density at radius 1 is 1.09 bits per heavy atom. The average molecular weight is 503 g/mol. The third kappa shape index (κ3) is 5.31. The number of thioether (sulfide) groups is 1. The van der Waals surface area contributed by atoms with Gasteiger partial charge in [-0.3, -0.25) is 9.59 Å². The molecule has 0 bridgehead atoms. The van der Waals surface area contributed by atoms with Crippen LogP contribution in [0.3, 0.4) is 0 Å². The van der Waals surface area contributed by atoms with E-state index >= 15 is 0 Å². The molecular formula is C27H23ClN4O2S. The van der Waals surface area contributed by atoms with E-state index in [0.717, 1.165) is 22.4 Å². The summed E-state index contributed by atoms with van der Waals surface area (Å²) in [6, 6.07) is 25.1. The van der Waals surface area contributed by atoms with E-state index in [-0.39, 0.29) is 24.3 Å². The molecule has 0 fully saturated rings. The number of anilines is 1. The Bertz CT molecular complexity index is 1320. The lowest BCUT2D eigenvalue weighted by Gasteiger charge is -2.23. The molecule has 3 aromatic carbocycles. The number of nitrogens with zero attached hydrogens (tertiary/aromatic N) is 3. The Labute approximate surface area is 213 Å². The van der Waals surface area contributed by atoms with Gasteiger partial charge in [-0.25, -0.2) is 5.01 Å². The Morgan fingerprint density at radius 3 is 2.60 bits per heavy atom. The normalized spacial score (nSPS) is 19.5. The van der Waals surface area contributed by atoms with Crippen molar-refractivity contribution in [1.82, 2.24) is 5.01 Å². The Kier molecular flexibility index (Phi) is 6.70. The van der Waals surface area contributed by atoms with Gasteiger partial charge in [0.2, 0.25) is 5.91 Å². The maximum atomic E-state index is 12.7. The third-order valence-electron chi connectivity index (χ3n) is 5.87. The molecule has 2 aliphatic heterocycles. The van der Waals surface area contributed by atoms with Crippen molar-refractivity contribution < 1.29 is 9.59 Å². The number of hydrogen-bond acceptors (Lipinski definition) is 5. The summed E-state index contributed by atoms with van der Waals surface area (Å²) >= 11 is 7.40. The fraction of sp³-hybridized carbons (Fsp3) is 0.185. The molecule has 0 aromatic heterocycles. The van der Waals surface area contributed by atoms with E-state index < -0.39 is 5.25 Å². The van der Waals surface area contributed by atoms with Crippen molar-refractivity contribution in [2.45, 2.75) is 31.1 Å². The number of benzene rings is 3. The van der Waals surface area contributed by atoms with E-state index in [4.69, 9.17) is 16.7 Å². The summed E-state index contributed by atoms with van der Waals surface area (Å²) in [5.74, 6) is -0.537. The lowest BCUT2D eigenvalue weighted by molar-refractivity contribution is -0.121. The van der Waals surface area contributed by atoms with E-state index in [1.54, 1.807) is 0 Å². The van der Waals surface area contributed by atoms with Crippen LogP contribution >= 0.6 is 23.4 Å². The van der Waals surface area contributed by atoms with Crippen LogP contribution in [0.1, 0.15) is 35.6 Å². The standard InChI is InChI=1S/C27H23ClN4O2S/c1-17-6-5-9-21(14-17)29-25(33)16-24-26(34)30-27(35-24)32-23(19-10-12-20(28)13-11-19)15-22(31-32)18-7-3-2-4-8-18/h2-14,23-24H,15-16H2,1H3,(H,29,33). The van der Waals surface area contributed by atoms with Crippen molar-refractivity contribution in [1.29, 1.82) is 0 Å². The minimum absolute atomic E-state index is 0.0408. The summed E-state index contributed by atoms with van der Waals surface area (Å²) in [7, 11) is 0. The van der Waals surface area contributed by atoms with Gasteiger partial charge >= 0.3 is 0 Å². The highest BCUT2D eigenvalue weighted by Crippen LogP contribution is 2.38. The van der Waals surface area contributed by atoms with Crippen molar-refractivity contribution in [3.63, 3.8) is 0 Å². The van der Waals surface area contributed by atoms with E-state index in [2.05, 4.69) is 10.3 Å². The summed E-state index contributed by atoms with van der Waals surface area (Å²) in [5.41, 5.74) is 4.74. The minimum Gasteiger partial charge on any atom is -0.326 e. The van der Waals surface area contributed by atoms with Gasteiger partial charge < -0.3 is 5.32 Å². The predicted molar refractivity (Wildman–Crippen MR) is 142 cm³/mol. The quantitative estimate of drug-likeness (QED) is 0.476. The van der Waals surface area contributed by atoms with Crippen LogP contribution in [-0.2, 0) is 9.59 Å². The molecule has 0 aliphatic carbocycles. The average Bonchev–Trinajstić information content (AvgIpc) is 3.44. The number of amidine groups is 1. The van der Waals surface area contributed by atoms with Gasteiger partial charge in [-0.05, 0) is 47.9 Å². The maximum absolute atomic E-state index is 12.7. The first-order valence-corrected chi connectivity index (χ1v) is 12.6. The third-order valence-corrected chi connectivity index (χ3v) is 7.26. The van der Waals surface area contributed by atoms with Crippen molar-refractivity contribution in [2.75, 3.05) is 5.32 Å². The Balaban J connectivity index is 1.34. The number of amides is 2. The molecule has 0 radical (unpaired) electrons. The Hall–Kier alpha value is -3.42. The number of carbonyl (C=O) groups is 2. The number of rotatable bonds is 5. The van der Waals surface area contributed by atoms with Gasteiger partial charge in [0.05, 0.1) is 11.8 Å². The zero-order valence-corrected chi connectivity index (χ0v) is 20.6. The van der Waals surface area contributed by atoms with Crippen LogP contribution in [0, 0.1) is 6.92 Å². The number of hydrazone groups is 1. The van der Waals surface area contributed by atoms with Crippen LogP contribution in [0.4, 0.5) is 5.69 Å². The number of halogens is 1. The van der Waals surface area contributed by atoms with Gasteiger partial charge in [0, 0.05) is 23.6 Å². The molecule has 35 heavy (non-hydrogen) atoms. The minimum atomic E-state index is -0.586. The van der Waals surface area contributed by atoms with Crippen LogP contribution in [-0.4, -0.2) is 33.0 Å². The summed E-state index contributed by atoms with van der Waals surface area (Å²) < 4.78 is 0. The second kappa shape index (κ2) is 10.1. The molecule has 2 aliphatic rings. The van der Waals surface area contributed by atoms with Gasteiger partial charge in [-0.15, -0.1) is 0 Å². The van der Waals surface area contributed by atoms with Crippen molar-refractivity contribution in [3.05, 3.63) is 101 Å². The molecule has 0 saturated carbocycles. The Morgan fingerprint density at radius 2 is 1.86 bits per heavy atom. The van der Waals surface area contributed by atoms with E-state index in [0.29, 0.717) is 22.3 Å². The van der Waals surface area contributed by atoms with Crippen molar-refractivity contribution in [3.8, 4) is 0 Å². The lowest BCUT2D eigenvalue weighted by atomic mass is 9.99. The molecule has 5 rings (SSSR count). The highest BCUT2D eigenvalue weighted by molar-refractivity contribution is 8.15. The first-order chi connectivity index (χ1) is 17.0. The molecule has 3 aromatic rings. The number of nitrogens with one attached hydrogen (secondary N) is 1. The molecular weight excluding hydrogens is 480 g/mol. The first kappa shape index (κ1) is 23.3. The SMILES string of the molecule is Cc1cccc(NC(=O)CC2SC(N3N=C(c4ccccc4)CC3c3ccc(Cl)cc3)=NC2=O)c1. The zero-order chi connectivity index (χ0) is 24.4. The molecule has 176 valence electrons. The predicted octanol–water partition coefficient (Wildman–Crippen LogP) is 5.83. The van der Waals surface area contributed by atoms with E-state index in [9.17, 15) is 9.59 Å². The van der Waals surface area contributed by atoms with Gasteiger partial charge in [0.1, 0.15) is 5.25 Å². The van der Waals surface area contributed by atoms with Gasteiger partial charge in [0.25, 0.3) is 5.91 Å². The van der Waals surface area contributed by atoms with E-state index in [1.165, 1.54) is 11.8 Å². The van der Waals surface area contributed by atoms with Crippen LogP contribution in [0.2, 0.25) is 5.02 Å². The molecule has 0 spiro atoms.